The topological polar surface area (TPSA) is 49.8 Å². The van der Waals surface area contributed by atoms with Gasteiger partial charge in [-0.1, -0.05) is 5.82 Å². The molecule has 28 valence electrons. The van der Waals surface area contributed by atoms with Gasteiger partial charge in [-0.15, -0.1) is 6.58 Å². The van der Waals surface area contributed by atoms with Crippen LogP contribution in [-0.4, -0.2) is 0 Å². The van der Waals surface area contributed by atoms with Crippen molar-refractivity contribution in [1.82, 2.24) is 0 Å². The Kier molecular flexibility index (Phi) is 7.94. The van der Waals surface area contributed by atoms with E-state index in [9.17, 15) is 0 Å². The van der Waals surface area contributed by atoms with E-state index in [0.29, 0.717) is 0 Å². The van der Waals surface area contributed by atoms with E-state index in [1.54, 1.807) is 0 Å². The minimum absolute atomic E-state index is 0. The maximum atomic E-state index is 6.17. The summed E-state index contributed by atoms with van der Waals surface area (Å²) in [7, 11) is 0. The average Bonchev–Trinajstić information content (AvgIpc) is 0.811. The van der Waals surface area contributed by atoms with Gasteiger partial charge in [0.1, 0.15) is 0 Å². The van der Waals surface area contributed by atoms with Gasteiger partial charge in [0.05, 0.1) is 0 Å². The second-order valence-corrected chi connectivity index (χ2v) is 0.525. The largest absolute Gasteiger partial charge is 0.495 e. The Morgan fingerprint density at radius 2 is 1.80 bits per heavy atom. The summed E-state index contributed by atoms with van der Waals surface area (Å²) in [6.45, 7) is 3.00. The molecule has 0 amide bonds. The van der Waals surface area contributed by atoms with Crippen LogP contribution < -0.4 is 5.73 Å². The number of rotatable bonds is 0. The second-order valence-electron chi connectivity index (χ2n) is 0.525. The van der Waals surface area contributed by atoms with E-state index in [2.05, 4.69) is 12.3 Å². The third-order valence-electron chi connectivity index (χ3n) is 0. The van der Waals surface area contributed by atoms with Crippen LogP contribution in [0.1, 0.15) is 0 Å². The SMILES string of the molecule is C=C([NH-])N.[U]. The summed E-state index contributed by atoms with van der Waals surface area (Å²) < 4.78 is 0. The summed E-state index contributed by atoms with van der Waals surface area (Å²) in [4.78, 5) is 0. The van der Waals surface area contributed by atoms with E-state index in [-0.39, 0.29) is 36.9 Å². The van der Waals surface area contributed by atoms with E-state index >= 15 is 0 Å². The molecule has 0 saturated heterocycles. The minimum Gasteiger partial charge on any atom is -0.495 e. The van der Waals surface area contributed by atoms with Crippen molar-refractivity contribution in [2.45, 2.75) is 0 Å². The first-order valence-corrected chi connectivity index (χ1v) is 0.892. The zero-order chi connectivity index (χ0) is 3.58. The van der Waals surface area contributed by atoms with Crippen molar-refractivity contribution >= 4 is 0 Å². The van der Waals surface area contributed by atoms with Gasteiger partial charge in [0.2, 0.25) is 0 Å². The molecule has 0 aliphatic carbocycles. The van der Waals surface area contributed by atoms with Crippen molar-refractivity contribution in [1.29, 1.82) is 0 Å². The number of nitrogens with two attached hydrogens (primary N) is 1. The van der Waals surface area contributed by atoms with Gasteiger partial charge in [0.15, 0.2) is 0 Å². The quantitative estimate of drug-likeness (QED) is 0.694. The summed E-state index contributed by atoms with van der Waals surface area (Å²) >= 11 is 0. The summed E-state index contributed by atoms with van der Waals surface area (Å²) in [5.41, 5.74) is 10.8. The Hall–Kier alpha value is 0.392. The molecule has 3 N–H and O–H groups in total. The summed E-state index contributed by atoms with van der Waals surface area (Å²) in [5.74, 6) is -0.0833. The fourth-order valence-electron chi connectivity index (χ4n) is 0. The zero-order valence-corrected chi connectivity index (χ0v) is 6.95. The van der Waals surface area contributed by atoms with Crippen molar-refractivity contribution in [3.63, 3.8) is 0 Å². The fourth-order valence-corrected chi connectivity index (χ4v) is 0. The van der Waals surface area contributed by atoms with E-state index in [1.807, 2.05) is 0 Å². The first-order valence-electron chi connectivity index (χ1n) is 0.892. The van der Waals surface area contributed by atoms with Crippen LogP contribution in [-0.2, 0) is 0 Å². The van der Waals surface area contributed by atoms with Crippen molar-refractivity contribution in [3.8, 4) is 0 Å². The van der Waals surface area contributed by atoms with E-state index in [0.717, 1.165) is 0 Å². The van der Waals surface area contributed by atoms with Gasteiger partial charge in [0, 0.05) is 31.1 Å². The second kappa shape index (κ2) is 4.39. The first-order chi connectivity index (χ1) is 1.73. The Bertz CT molecular complexity index is 30.6. The van der Waals surface area contributed by atoms with Crippen LogP contribution in [0.25, 0.3) is 5.73 Å². The van der Waals surface area contributed by atoms with Gasteiger partial charge in [-0.2, -0.15) is 0 Å². The van der Waals surface area contributed by atoms with Crippen molar-refractivity contribution in [3.05, 3.63) is 18.1 Å². The average molecular weight is 295 g/mol. The molecule has 0 rings (SSSR count). The minimum atomic E-state index is -0.0833. The van der Waals surface area contributed by atoms with Gasteiger partial charge in [-0.25, -0.2) is 0 Å². The zero-order valence-electron chi connectivity index (χ0n) is 2.78. The molecule has 3 heteroatoms. The molecule has 0 fully saturated rings. The van der Waals surface area contributed by atoms with Crippen LogP contribution in [0, 0.1) is 31.1 Å². The van der Waals surface area contributed by atoms with Crippen molar-refractivity contribution in [2.24, 2.45) is 5.73 Å². The molecule has 0 unspecified atom stereocenters. The molecule has 0 atom stereocenters. The summed E-state index contributed by atoms with van der Waals surface area (Å²) in [5, 5.41) is 0. The van der Waals surface area contributed by atoms with E-state index in [4.69, 9.17) is 5.73 Å². The molecule has 0 bridgehead atoms. The first kappa shape index (κ1) is 9.04. The Morgan fingerprint density at radius 1 is 1.80 bits per heavy atom. The Labute approximate surface area is 55.0 Å². The number of hydrogen-bond donors (Lipinski definition) is 1. The molecule has 0 aliphatic heterocycles. The van der Waals surface area contributed by atoms with Gasteiger partial charge >= 0.3 is 0 Å². The predicted molar refractivity (Wildman–Crippen MR) is 17.6 cm³/mol. The summed E-state index contributed by atoms with van der Waals surface area (Å²) in [6.07, 6.45) is 0. The molecule has 0 spiro atoms. The normalized spacial score (nSPS) is 4.80. The van der Waals surface area contributed by atoms with Gasteiger partial charge in [0.25, 0.3) is 0 Å². The maximum absolute atomic E-state index is 6.17. The van der Waals surface area contributed by atoms with Crippen molar-refractivity contribution in [2.75, 3.05) is 0 Å². The molecule has 5 heavy (non-hydrogen) atoms. The fraction of sp³-hybridized carbons (Fsp3) is 0. The molecular weight excluding hydrogens is 290 g/mol. The number of nitrogens with one attached hydrogen (secondary N) is 1. The van der Waals surface area contributed by atoms with Gasteiger partial charge in [-0.05, 0) is 0 Å². The predicted octanol–water partition coefficient (Wildman–Crippen LogP) is 0.469. The van der Waals surface area contributed by atoms with Crippen LogP contribution in [0.3, 0.4) is 0 Å². The van der Waals surface area contributed by atoms with Crippen LogP contribution in [0.4, 0.5) is 0 Å². The molecule has 2 nitrogen and oxygen atoms in total. The molecule has 0 aromatic rings. The van der Waals surface area contributed by atoms with Crippen LogP contribution in [0.5, 0.6) is 0 Å². The van der Waals surface area contributed by atoms with E-state index in [1.165, 1.54) is 0 Å². The molecule has 0 aromatic carbocycles. The van der Waals surface area contributed by atoms with E-state index < -0.39 is 0 Å². The molecule has 0 saturated carbocycles. The smallest absolute Gasteiger partial charge is 0 e. The molecule has 0 aromatic heterocycles. The Morgan fingerprint density at radius 3 is 1.80 bits per heavy atom. The number of hydrogen-bond acceptors (Lipinski definition) is 1. The monoisotopic (exact) mass is 295 g/mol. The summed E-state index contributed by atoms with van der Waals surface area (Å²) in [6, 6.07) is 0. The van der Waals surface area contributed by atoms with Crippen LogP contribution in [0.15, 0.2) is 12.4 Å². The third-order valence-corrected chi connectivity index (χ3v) is 0. The molecule has 0 heterocycles. The molecular formula is C2H5N2U-. The van der Waals surface area contributed by atoms with Crippen molar-refractivity contribution < 1.29 is 31.1 Å². The van der Waals surface area contributed by atoms with Gasteiger partial charge in [-0.3, -0.25) is 0 Å². The van der Waals surface area contributed by atoms with Crippen LogP contribution in [0.2, 0.25) is 0 Å². The van der Waals surface area contributed by atoms with Crippen LogP contribution >= 0.6 is 0 Å². The maximum Gasteiger partial charge on any atom is 0 e. The molecule has 0 radical (unpaired) electrons. The molecule has 0 aliphatic rings. The Balaban J connectivity index is 0. The third kappa shape index (κ3) is 164. The standard InChI is InChI=1S/C2H5N2.U/c1-2(3)4;/h3H,1,4H2;/q-1;. The van der Waals surface area contributed by atoms with Gasteiger partial charge < -0.3 is 11.5 Å².